The highest BCUT2D eigenvalue weighted by Crippen LogP contribution is 2.35. The molecule has 114 valence electrons. The number of halogens is 1. The summed E-state index contributed by atoms with van der Waals surface area (Å²) in [6, 6.07) is 8.81. The third-order valence-electron chi connectivity index (χ3n) is 4.03. The standard InChI is InChI=1S/C16H21ClN2OS/c17-16-13-5-1-2-6-14(13)21-15(16)11-19(8-9-20)10-12-4-3-7-18-12/h1-2,5-6,12,18,20H,3-4,7-11H2. The summed E-state index contributed by atoms with van der Waals surface area (Å²) in [6.45, 7) is 3.79. The highest BCUT2D eigenvalue weighted by Gasteiger charge is 2.19. The first-order valence-corrected chi connectivity index (χ1v) is 8.70. The minimum absolute atomic E-state index is 0.190. The summed E-state index contributed by atoms with van der Waals surface area (Å²) in [5, 5.41) is 14.8. The highest BCUT2D eigenvalue weighted by molar-refractivity contribution is 7.19. The fraction of sp³-hybridized carbons (Fsp3) is 0.500. The number of nitrogens with zero attached hydrogens (tertiary/aromatic N) is 1. The van der Waals surface area contributed by atoms with Crippen molar-refractivity contribution in [2.24, 2.45) is 0 Å². The van der Waals surface area contributed by atoms with Crippen molar-refractivity contribution in [2.45, 2.75) is 25.4 Å². The lowest BCUT2D eigenvalue weighted by Gasteiger charge is -2.24. The van der Waals surface area contributed by atoms with Crippen molar-refractivity contribution in [3.63, 3.8) is 0 Å². The molecule has 1 unspecified atom stereocenters. The second-order valence-electron chi connectivity index (χ2n) is 5.59. The maximum Gasteiger partial charge on any atom is 0.0637 e. The van der Waals surface area contributed by atoms with Crippen LogP contribution in [0.25, 0.3) is 10.1 Å². The van der Waals surface area contributed by atoms with Crippen LogP contribution in [0, 0.1) is 0 Å². The molecule has 1 aromatic carbocycles. The van der Waals surface area contributed by atoms with E-state index in [4.69, 9.17) is 11.6 Å². The molecular formula is C16H21ClN2OS. The normalized spacial score (nSPS) is 18.9. The van der Waals surface area contributed by atoms with Crippen molar-refractivity contribution in [1.29, 1.82) is 0 Å². The molecule has 0 radical (unpaired) electrons. The molecule has 3 rings (SSSR count). The van der Waals surface area contributed by atoms with Crippen molar-refractivity contribution in [3.05, 3.63) is 34.2 Å². The van der Waals surface area contributed by atoms with E-state index >= 15 is 0 Å². The van der Waals surface area contributed by atoms with Gasteiger partial charge >= 0.3 is 0 Å². The fourth-order valence-electron chi connectivity index (χ4n) is 2.97. The smallest absolute Gasteiger partial charge is 0.0637 e. The molecule has 2 N–H and O–H groups in total. The second kappa shape index (κ2) is 7.07. The molecule has 1 aliphatic rings. The van der Waals surface area contributed by atoms with Crippen LogP contribution in [0.3, 0.4) is 0 Å². The Bertz CT molecular complexity index is 595. The van der Waals surface area contributed by atoms with Gasteiger partial charge in [-0.25, -0.2) is 0 Å². The van der Waals surface area contributed by atoms with Gasteiger partial charge in [0.25, 0.3) is 0 Å². The molecule has 21 heavy (non-hydrogen) atoms. The molecule has 0 amide bonds. The number of thiophene rings is 1. The van der Waals surface area contributed by atoms with Crippen LogP contribution >= 0.6 is 22.9 Å². The maximum absolute atomic E-state index is 9.31. The number of hydrogen-bond acceptors (Lipinski definition) is 4. The van der Waals surface area contributed by atoms with Crippen molar-refractivity contribution in [3.8, 4) is 0 Å². The van der Waals surface area contributed by atoms with E-state index < -0.39 is 0 Å². The van der Waals surface area contributed by atoms with Crippen LogP contribution < -0.4 is 5.32 Å². The largest absolute Gasteiger partial charge is 0.395 e. The Balaban J connectivity index is 1.75. The van der Waals surface area contributed by atoms with Gasteiger partial charge in [0.05, 0.1) is 11.6 Å². The molecular weight excluding hydrogens is 304 g/mol. The Morgan fingerprint density at radius 1 is 1.38 bits per heavy atom. The van der Waals surface area contributed by atoms with Gasteiger partial charge in [0.2, 0.25) is 0 Å². The highest BCUT2D eigenvalue weighted by atomic mass is 35.5. The minimum Gasteiger partial charge on any atom is -0.395 e. The Kier molecular flexibility index (Phi) is 5.14. The number of nitrogens with one attached hydrogen (secondary N) is 1. The first kappa shape index (κ1) is 15.3. The summed E-state index contributed by atoms with van der Waals surface area (Å²) in [4.78, 5) is 3.50. The van der Waals surface area contributed by atoms with Gasteiger partial charge in [-0.05, 0) is 25.5 Å². The van der Waals surface area contributed by atoms with E-state index in [1.54, 1.807) is 11.3 Å². The van der Waals surface area contributed by atoms with E-state index in [1.165, 1.54) is 22.4 Å². The summed E-state index contributed by atoms with van der Waals surface area (Å²) in [7, 11) is 0. The van der Waals surface area contributed by atoms with E-state index in [1.807, 2.05) is 12.1 Å². The molecule has 3 nitrogen and oxygen atoms in total. The van der Waals surface area contributed by atoms with Gasteiger partial charge in [-0.2, -0.15) is 0 Å². The molecule has 1 aliphatic heterocycles. The van der Waals surface area contributed by atoms with Crippen molar-refractivity contribution >= 4 is 33.0 Å². The molecule has 1 aromatic heterocycles. The van der Waals surface area contributed by atoms with Crippen LogP contribution in [0.2, 0.25) is 5.02 Å². The molecule has 2 heterocycles. The van der Waals surface area contributed by atoms with Crippen LogP contribution in [-0.2, 0) is 6.54 Å². The van der Waals surface area contributed by atoms with Crippen molar-refractivity contribution in [2.75, 3.05) is 26.2 Å². The number of aliphatic hydroxyl groups is 1. The third kappa shape index (κ3) is 3.58. The Morgan fingerprint density at radius 2 is 2.24 bits per heavy atom. The van der Waals surface area contributed by atoms with Gasteiger partial charge in [0.1, 0.15) is 0 Å². The molecule has 1 fully saturated rings. The molecule has 1 saturated heterocycles. The first-order chi connectivity index (χ1) is 10.3. The lowest BCUT2D eigenvalue weighted by molar-refractivity contribution is 0.180. The molecule has 1 atom stereocenters. The number of aliphatic hydroxyl groups excluding tert-OH is 1. The summed E-state index contributed by atoms with van der Waals surface area (Å²) in [5.74, 6) is 0. The summed E-state index contributed by atoms with van der Waals surface area (Å²) in [6.07, 6.45) is 2.48. The zero-order valence-corrected chi connectivity index (χ0v) is 13.6. The van der Waals surface area contributed by atoms with Crippen LogP contribution in [0.1, 0.15) is 17.7 Å². The number of hydrogen-bond donors (Lipinski definition) is 2. The average Bonchev–Trinajstić information content (AvgIpc) is 3.09. The predicted molar refractivity (Wildman–Crippen MR) is 90.2 cm³/mol. The van der Waals surface area contributed by atoms with Crippen molar-refractivity contribution in [1.82, 2.24) is 10.2 Å². The van der Waals surface area contributed by atoms with Gasteiger partial charge in [-0.3, -0.25) is 4.90 Å². The average molecular weight is 325 g/mol. The molecule has 0 aliphatic carbocycles. The number of fused-ring (bicyclic) bond motifs is 1. The van der Waals surface area contributed by atoms with Crippen LogP contribution in [0.4, 0.5) is 0 Å². The fourth-order valence-corrected chi connectivity index (χ4v) is 4.51. The quantitative estimate of drug-likeness (QED) is 0.857. The van der Waals surface area contributed by atoms with Crippen LogP contribution in [0.5, 0.6) is 0 Å². The topological polar surface area (TPSA) is 35.5 Å². The van der Waals surface area contributed by atoms with Crippen molar-refractivity contribution < 1.29 is 5.11 Å². The number of rotatable bonds is 6. The van der Waals surface area contributed by atoms with E-state index in [0.717, 1.165) is 30.0 Å². The zero-order chi connectivity index (χ0) is 14.7. The zero-order valence-electron chi connectivity index (χ0n) is 12.0. The Hall–Kier alpha value is -0.650. The third-order valence-corrected chi connectivity index (χ3v) is 5.73. The second-order valence-corrected chi connectivity index (χ2v) is 7.10. The van der Waals surface area contributed by atoms with Gasteiger partial charge in [-0.1, -0.05) is 29.8 Å². The summed E-state index contributed by atoms with van der Waals surface area (Å²) >= 11 is 8.28. The van der Waals surface area contributed by atoms with E-state index in [0.29, 0.717) is 12.6 Å². The monoisotopic (exact) mass is 324 g/mol. The van der Waals surface area contributed by atoms with E-state index in [-0.39, 0.29) is 6.61 Å². The maximum atomic E-state index is 9.31. The van der Waals surface area contributed by atoms with Gasteiger partial charge in [0, 0.05) is 40.6 Å². The summed E-state index contributed by atoms with van der Waals surface area (Å²) in [5.41, 5.74) is 0. The van der Waals surface area contributed by atoms with Gasteiger partial charge < -0.3 is 10.4 Å². The molecule has 0 spiro atoms. The molecule has 5 heteroatoms. The molecule has 0 saturated carbocycles. The minimum atomic E-state index is 0.190. The van der Waals surface area contributed by atoms with Gasteiger partial charge in [-0.15, -0.1) is 11.3 Å². The van der Waals surface area contributed by atoms with E-state index in [9.17, 15) is 5.11 Å². The van der Waals surface area contributed by atoms with Crippen LogP contribution in [0.15, 0.2) is 24.3 Å². The lowest BCUT2D eigenvalue weighted by Crippen LogP contribution is -2.38. The van der Waals surface area contributed by atoms with E-state index in [2.05, 4.69) is 22.3 Å². The Labute approximate surface area is 134 Å². The Morgan fingerprint density at radius 3 is 2.95 bits per heavy atom. The van der Waals surface area contributed by atoms with Crippen LogP contribution in [-0.4, -0.2) is 42.3 Å². The predicted octanol–water partition coefficient (Wildman–Crippen LogP) is 3.10. The lowest BCUT2D eigenvalue weighted by atomic mass is 10.2. The first-order valence-electron chi connectivity index (χ1n) is 7.50. The molecule has 2 aromatic rings. The SMILES string of the molecule is OCCN(Cc1sc2ccccc2c1Cl)CC1CCCN1. The number of benzene rings is 1. The molecule has 0 bridgehead atoms. The summed E-state index contributed by atoms with van der Waals surface area (Å²) < 4.78 is 1.24. The van der Waals surface area contributed by atoms with Gasteiger partial charge in [0.15, 0.2) is 0 Å².